The fraction of sp³-hybridized carbons (Fsp3) is 0.222. The van der Waals surface area contributed by atoms with E-state index < -0.39 is 0 Å². The molecule has 0 aliphatic carbocycles. The van der Waals surface area contributed by atoms with Gasteiger partial charge in [-0.3, -0.25) is 0 Å². The number of aryl methyl sites for hydroxylation is 1. The van der Waals surface area contributed by atoms with Gasteiger partial charge < -0.3 is 14.5 Å². The fourth-order valence-electron chi connectivity index (χ4n) is 2.41. The van der Waals surface area contributed by atoms with Gasteiger partial charge in [-0.1, -0.05) is 30.3 Å². The molecular formula is C18H19NO2. The van der Waals surface area contributed by atoms with Gasteiger partial charge in [0.1, 0.15) is 23.7 Å². The van der Waals surface area contributed by atoms with Crippen LogP contribution in [0.1, 0.15) is 16.9 Å². The highest BCUT2D eigenvalue weighted by atomic mass is 16.5. The number of rotatable bonds is 5. The largest absolute Gasteiger partial charge is 0.489 e. The van der Waals surface area contributed by atoms with E-state index in [9.17, 15) is 0 Å². The van der Waals surface area contributed by atoms with Crippen molar-refractivity contribution in [1.29, 1.82) is 0 Å². The molecule has 3 heteroatoms. The molecule has 0 unspecified atom stereocenters. The maximum absolute atomic E-state index is 5.87. The smallest absolute Gasteiger partial charge is 0.134 e. The van der Waals surface area contributed by atoms with Gasteiger partial charge in [0.05, 0.1) is 6.54 Å². The number of hydrogen-bond acceptors (Lipinski definition) is 3. The van der Waals surface area contributed by atoms with Crippen molar-refractivity contribution >= 4 is 11.0 Å². The molecule has 0 fully saturated rings. The third kappa shape index (κ3) is 2.93. The summed E-state index contributed by atoms with van der Waals surface area (Å²) in [5.74, 6) is 1.85. The molecule has 0 bridgehead atoms. The highest BCUT2D eigenvalue weighted by Gasteiger charge is 2.10. The molecule has 3 aromatic rings. The van der Waals surface area contributed by atoms with Gasteiger partial charge in [-0.2, -0.15) is 0 Å². The Labute approximate surface area is 124 Å². The summed E-state index contributed by atoms with van der Waals surface area (Å²) in [6, 6.07) is 16.2. The summed E-state index contributed by atoms with van der Waals surface area (Å²) in [7, 11) is 1.92. The second kappa shape index (κ2) is 6.02. The van der Waals surface area contributed by atoms with Crippen molar-refractivity contribution in [3.63, 3.8) is 0 Å². The molecule has 0 radical (unpaired) electrons. The van der Waals surface area contributed by atoms with Crippen LogP contribution in [-0.2, 0) is 13.2 Å². The highest BCUT2D eigenvalue weighted by Crippen LogP contribution is 2.29. The number of hydrogen-bond donors (Lipinski definition) is 1. The van der Waals surface area contributed by atoms with Crippen LogP contribution >= 0.6 is 0 Å². The third-order valence-corrected chi connectivity index (χ3v) is 3.59. The van der Waals surface area contributed by atoms with Gasteiger partial charge in [0.2, 0.25) is 0 Å². The van der Waals surface area contributed by atoms with Crippen molar-refractivity contribution in [2.75, 3.05) is 7.05 Å². The monoisotopic (exact) mass is 281 g/mol. The van der Waals surface area contributed by atoms with Crippen LogP contribution in [0.15, 0.2) is 52.9 Å². The van der Waals surface area contributed by atoms with E-state index in [0.717, 1.165) is 34.6 Å². The first-order chi connectivity index (χ1) is 10.3. The normalized spacial score (nSPS) is 11.0. The number of furan rings is 1. The third-order valence-electron chi connectivity index (χ3n) is 3.59. The second-order valence-corrected chi connectivity index (χ2v) is 5.11. The first kappa shape index (κ1) is 13.7. The second-order valence-electron chi connectivity index (χ2n) is 5.11. The molecule has 108 valence electrons. The van der Waals surface area contributed by atoms with Crippen molar-refractivity contribution in [3.8, 4) is 5.75 Å². The average Bonchev–Trinajstić information content (AvgIpc) is 2.83. The topological polar surface area (TPSA) is 34.4 Å². The van der Waals surface area contributed by atoms with E-state index in [-0.39, 0.29) is 0 Å². The van der Waals surface area contributed by atoms with Gasteiger partial charge in [-0.05, 0) is 43.3 Å². The van der Waals surface area contributed by atoms with Crippen molar-refractivity contribution < 1.29 is 9.15 Å². The van der Waals surface area contributed by atoms with Crippen molar-refractivity contribution in [1.82, 2.24) is 5.32 Å². The quantitative estimate of drug-likeness (QED) is 0.766. The van der Waals surface area contributed by atoms with Crippen molar-refractivity contribution in [2.24, 2.45) is 0 Å². The van der Waals surface area contributed by atoms with Crippen molar-refractivity contribution in [2.45, 2.75) is 20.1 Å². The van der Waals surface area contributed by atoms with Crippen LogP contribution in [0, 0.1) is 6.92 Å². The predicted molar refractivity (Wildman–Crippen MR) is 84.5 cm³/mol. The zero-order chi connectivity index (χ0) is 14.7. The molecule has 1 N–H and O–H groups in total. The zero-order valence-corrected chi connectivity index (χ0v) is 12.3. The van der Waals surface area contributed by atoms with Crippen LogP contribution in [0.4, 0.5) is 0 Å². The van der Waals surface area contributed by atoms with Gasteiger partial charge in [-0.15, -0.1) is 0 Å². The van der Waals surface area contributed by atoms with Crippen LogP contribution in [0.2, 0.25) is 0 Å². The van der Waals surface area contributed by atoms with Gasteiger partial charge in [0.15, 0.2) is 0 Å². The summed E-state index contributed by atoms with van der Waals surface area (Å²) < 4.78 is 11.7. The molecule has 0 atom stereocenters. The Morgan fingerprint density at radius 2 is 1.90 bits per heavy atom. The molecule has 0 aliphatic rings. The molecule has 1 heterocycles. The molecule has 1 aromatic heterocycles. The molecule has 0 spiro atoms. The molecule has 21 heavy (non-hydrogen) atoms. The van der Waals surface area contributed by atoms with Crippen LogP contribution in [-0.4, -0.2) is 7.05 Å². The predicted octanol–water partition coefficient (Wildman–Crippen LogP) is 4.04. The Kier molecular flexibility index (Phi) is 3.93. The average molecular weight is 281 g/mol. The molecule has 0 saturated heterocycles. The van der Waals surface area contributed by atoms with E-state index in [1.54, 1.807) is 0 Å². The standard InChI is InChI=1S/C18H19NO2/c1-13-16-10-15(20-12-14-6-4-3-5-7-14)8-9-17(16)21-18(13)11-19-2/h3-10,19H,11-12H2,1-2H3. The lowest BCUT2D eigenvalue weighted by Crippen LogP contribution is -2.04. The molecule has 0 amide bonds. The minimum Gasteiger partial charge on any atom is -0.489 e. The Morgan fingerprint density at radius 1 is 1.10 bits per heavy atom. The Morgan fingerprint density at radius 3 is 2.67 bits per heavy atom. The van der Waals surface area contributed by atoms with E-state index in [1.807, 2.05) is 37.4 Å². The Bertz CT molecular complexity index is 732. The molecule has 0 aliphatic heterocycles. The van der Waals surface area contributed by atoms with E-state index in [0.29, 0.717) is 6.61 Å². The van der Waals surface area contributed by atoms with E-state index >= 15 is 0 Å². The SMILES string of the molecule is CNCc1oc2ccc(OCc3ccccc3)cc2c1C. The first-order valence-corrected chi connectivity index (χ1v) is 7.11. The van der Waals surface area contributed by atoms with E-state index in [1.165, 1.54) is 5.56 Å². The van der Waals surface area contributed by atoms with Gasteiger partial charge >= 0.3 is 0 Å². The summed E-state index contributed by atoms with van der Waals surface area (Å²) in [6.45, 7) is 3.40. The summed E-state index contributed by atoms with van der Waals surface area (Å²) in [4.78, 5) is 0. The number of ether oxygens (including phenoxy) is 1. The van der Waals surface area contributed by atoms with E-state index in [4.69, 9.17) is 9.15 Å². The maximum atomic E-state index is 5.87. The van der Waals surface area contributed by atoms with Gasteiger partial charge in [-0.25, -0.2) is 0 Å². The maximum Gasteiger partial charge on any atom is 0.134 e. The summed E-state index contributed by atoms with van der Waals surface area (Å²) in [6.07, 6.45) is 0. The molecular weight excluding hydrogens is 262 g/mol. The van der Waals surface area contributed by atoms with Gasteiger partial charge in [0, 0.05) is 5.39 Å². The molecule has 0 saturated carbocycles. The van der Waals surface area contributed by atoms with Crippen LogP contribution in [0.25, 0.3) is 11.0 Å². The minimum absolute atomic E-state index is 0.576. The number of nitrogens with one attached hydrogen (secondary N) is 1. The first-order valence-electron chi connectivity index (χ1n) is 7.11. The number of benzene rings is 2. The van der Waals surface area contributed by atoms with E-state index in [2.05, 4.69) is 30.4 Å². The summed E-state index contributed by atoms with van der Waals surface area (Å²) in [5, 5.41) is 4.24. The van der Waals surface area contributed by atoms with Crippen LogP contribution < -0.4 is 10.1 Å². The molecule has 2 aromatic carbocycles. The van der Waals surface area contributed by atoms with Crippen LogP contribution in [0.3, 0.4) is 0 Å². The Hall–Kier alpha value is -2.26. The van der Waals surface area contributed by atoms with Crippen molar-refractivity contribution in [3.05, 3.63) is 65.4 Å². The zero-order valence-electron chi connectivity index (χ0n) is 12.3. The fourth-order valence-corrected chi connectivity index (χ4v) is 2.41. The lowest BCUT2D eigenvalue weighted by molar-refractivity contribution is 0.306. The van der Waals surface area contributed by atoms with Crippen LogP contribution in [0.5, 0.6) is 5.75 Å². The molecule has 3 rings (SSSR count). The lowest BCUT2D eigenvalue weighted by atomic mass is 10.1. The minimum atomic E-state index is 0.576. The van der Waals surface area contributed by atoms with Gasteiger partial charge in [0.25, 0.3) is 0 Å². The Balaban J connectivity index is 1.82. The molecule has 3 nitrogen and oxygen atoms in total. The highest BCUT2D eigenvalue weighted by molar-refractivity contribution is 5.83. The number of fused-ring (bicyclic) bond motifs is 1. The lowest BCUT2D eigenvalue weighted by Gasteiger charge is -2.06. The summed E-state index contributed by atoms with van der Waals surface area (Å²) >= 11 is 0. The summed E-state index contributed by atoms with van der Waals surface area (Å²) in [5.41, 5.74) is 3.24.